The second-order valence-corrected chi connectivity index (χ2v) is 5.05. The Morgan fingerprint density at radius 2 is 1.79 bits per heavy atom. The van der Waals surface area contributed by atoms with Crippen molar-refractivity contribution in [2.75, 3.05) is 0 Å². The van der Waals surface area contributed by atoms with Gasteiger partial charge in [-0.1, -0.05) is 29.8 Å². The van der Waals surface area contributed by atoms with Crippen molar-refractivity contribution in [3.8, 4) is 11.4 Å². The number of rotatable bonds is 1. The molecule has 3 nitrogen and oxygen atoms in total. The van der Waals surface area contributed by atoms with E-state index in [1.165, 1.54) is 5.56 Å². The molecule has 0 saturated carbocycles. The van der Waals surface area contributed by atoms with Crippen molar-refractivity contribution >= 4 is 5.78 Å². The Bertz CT molecular complexity index is 617. The predicted molar refractivity (Wildman–Crippen MR) is 74.1 cm³/mol. The number of nitrogens with zero attached hydrogens (tertiary/aromatic N) is 2. The van der Waals surface area contributed by atoms with Gasteiger partial charge in [0.25, 0.3) is 0 Å². The second kappa shape index (κ2) is 4.92. The molecule has 0 N–H and O–H groups in total. The minimum Gasteiger partial charge on any atom is -0.294 e. The molecular weight excluding hydrogens is 236 g/mol. The number of aryl methyl sites for hydroxylation is 2. The summed E-state index contributed by atoms with van der Waals surface area (Å²) in [4.78, 5) is 20.9. The average Bonchev–Trinajstić information content (AvgIpc) is 2.61. The zero-order chi connectivity index (χ0) is 13.2. The minimum atomic E-state index is 0.183. The smallest absolute Gasteiger partial charge is 0.166 e. The fourth-order valence-corrected chi connectivity index (χ4v) is 2.40. The van der Waals surface area contributed by atoms with Crippen LogP contribution in [-0.4, -0.2) is 15.8 Å². The van der Waals surface area contributed by atoms with Gasteiger partial charge < -0.3 is 0 Å². The number of Topliss-reactive ketones (excluding diaryl/α,β-unsaturated/α-hetero) is 1. The van der Waals surface area contributed by atoms with E-state index in [0.29, 0.717) is 17.8 Å². The SMILES string of the molecule is Cc1ccc(-c2ncc3c(n2)CCCCC3=O)cc1. The molecule has 1 aliphatic carbocycles. The van der Waals surface area contributed by atoms with Crippen LogP contribution in [0.1, 0.15) is 40.9 Å². The first-order chi connectivity index (χ1) is 9.24. The molecule has 1 heterocycles. The Kier molecular flexibility index (Phi) is 3.11. The molecule has 0 unspecified atom stereocenters. The number of carbonyl (C=O) groups is 1. The molecule has 1 aliphatic rings. The van der Waals surface area contributed by atoms with E-state index >= 15 is 0 Å². The van der Waals surface area contributed by atoms with Crippen molar-refractivity contribution in [1.29, 1.82) is 0 Å². The molecule has 19 heavy (non-hydrogen) atoms. The molecule has 0 saturated heterocycles. The van der Waals surface area contributed by atoms with Gasteiger partial charge >= 0.3 is 0 Å². The minimum absolute atomic E-state index is 0.183. The third kappa shape index (κ3) is 2.41. The van der Waals surface area contributed by atoms with E-state index in [1.807, 2.05) is 12.1 Å². The largest absolute Gasteiger partial charge is 0.294 e. The number of aromatic nitrogens is 2. The van der Waals surface area contributed by atoms with Crippen LogP contribution in [0.3, 0.4) is 0 Å². The third-order valence-electron chi connectivity index (χ3n) is 3.55. The van der Waals surface area contributed by atoms with E-state index in [1.54, 1.807) is 6.20 Å². The van der Waals surface area contributed by atoms with Crippen molar-refractivity contribution in [2.45, 2.75) is 32.6 Å². The van der Waals surface area contributed by atoms with Crippen molar-refractivity contribution in [3.63, 3.8) is 0 Å². The van der Waals surface area contributed by atoms with Gasteiger partial charge in [0, 0.05) is 18.2 Å². The summed E-state index contributed by atoms with van der Waals surface area (Å²) in [6.45, 7) is 2.06. The number of hydrogen-bond donors (Lipinski definition) is 0. The zero-order valence-electron chi connectivity index (χ0n) is 11.0. The van der Waals surface area contributed by atoms with Crippen LogP contribution in [0, 0.1) is 6.92 Å². The van der Waals surface area contributed by atoms with Crippen LogP contribution in [0.15, 0.2) is 30.5 Å². The maximum absolute atomic E-state index is 11.9. The van der Waals surface area contributed by atoms with E-state index in [-0.39, 0.29) is 5.78 Å². The van der Waals surface area contributed by atoms with Crippen molar-refractivity contribution in [1.82, 2.24) is 9.97 Å². The van der Waals surface area contributed by atoms with Gasteiger partial charge in [-0.05, 0) is 26.2 Å². The fraction of sp³-hybridized carbons (Fsp3) is 0.312. The maximum Gasteiger partial charge on any atom is 0.166 e. The topological polar surface area (TPSA) is 42.9 Å². The molecule has 0 bridgehead atoms. The first-order valence-corrected chi connectivity index (χ1v) is 6.70. The highest BCUT2D eigenvalue weighted by atomic mass is 16.1. The average molecular weight is 252 g/mol. The monoisotopic (exact) mass is 252 g/mol. The Labute approximate surface area is 112 Å². The first kappa shape index (κ1) is 12.0. The van der Waals surface area contributed by atoms with Crippen LogP contribution in [-0.2, 0) is 6.42 Å². The summed E-state index contributed by atoms with van der Waals surface area (Å²) in [5, 5.41) is 0. The number of ketones is 1. The van der Waals surface area contributed by atoms with Gasteiger partial charge in [0.2, 0.25) is 0 Å². The number of benzene rings is 1. The van der Waals surface area contributed by atoms with Crippen LogP contribution in [0.25, 0.3) is 11.4 Å². The molecule has 0 fully saturated rings. The zero-order valence-corrected chi connectivity index (χ0v) is 11.0. The highest BCUT2D eigenvalue weighted by Gasteiger charge is 2.18. The molecule has 0 amide bonds. The van der Waals surface area contributed by atoms with Crippen LogP contribution in [0.5, 0.6) is 0 Å². The summed E-state index contributed by atoms with van der Waals surface area (Å²) in [6, 6.07) is 8.15. The van der Waals surface area contributed by atoms with Crippen LogP contribution in [0.2, 0.25) is 0 Å². The molecule has 3 rings (SSSR count). The van der Waals surface area contributed by atoms with Crippen molar-refractivity contribution < 1.29 is 4.79 Å². The Hall–Kier alpha value is -2.03. The summed E-state index contributed by atoms with van der Waals surface area (Å²) < 4.78 is 0. The molecule has 0 atom stereocenters. The third-order valence-corrected chi connectivity index (χ3v) is 3.55. The molecule has 0 spiro atoms. The standard InChI is InChI=1S/C16H16N2O/c1-11-6-8-12(9-7-11)16-17-10-13-14(18-16)4-2-3-5-15(13)19/h6-10H,2-5H2,1H3. The molecule has 3 heteroatoms. The van der Waals surface area contributed by atoms with Gasteiger partial charge in [0.15, 0.2) is 11.6 Å². The molecule has 2 aromatic rings. The van der Waals surface area contributed by atoms with Crippen molar-refractivity contribution in [3.05, 3.63) is 47.3 Å². The van der Waals surface area contributed by atoms with Gasteiger partial charge in [-0.3, -0.25) is 4.79 Å². The van der Waals surface area contributed by atoms with Crippen LogP contribution >= 0.6 is 0 Å². The van der Waals surface area contributed by atoms with E-state index in [4.69, 9.17) is 0 Å². The summed E-state index contributed by atoms with van der Waals surface area (Å²) >= 11 is 0. The lowest BCUT2D eigenvalue weighted by atomic mass is 10.1. The lowest BCUT2D eigenvalue weighted by Gasteiger charge is -2.06. The molecule has 96 valence electrons. The predicted octanol–water partition coefficient (Wildman–Crippen LogP) is 3.36. The second-order valence-electron chi connectivity index (χ2n) is 5.05. The lowest BCUT2D eigenvalue weighted by molar-refractivity contribution is 0.0981. The molecule has 0 aliphatic heterocycles. The molecule has 1 aromatic heterocycles. The molecule has 0 radical (unpaired) electrons. The first-order valence-electron chi connectivity index (χ1n) is 6.70. The quantitative estimate of drug-likeness (QED) is 0.731. The van der Waals surface area contributed by atoms with Gasteiger partial charge in [-0.2, -0.15) is 0 Å². The Balaban J connectivity index is 2.03. The van der Waals surface area contributed by atoms with Crippen molar-refractivity contribution in [2.24, 2.45) is 0 Å². The van der Waals surface area contributed by atoms with Gasteiger partial charge in [-0.15, -0.1) is 0 Å². The van der Waals surface area contributed by atoms with E-state index in [9.17, 15) is 4.79 Å². The fourth-order valence-electron chi connectivity index (χ4n) is 2.40. The molecular formula is C16H16N2O. The summed E-state index contributed by atoms with van der Waals surface area (Å²) in [5.41, 5.74) is 3.85. The lowest BCUT2D eigenvalue weighted by Crippen LogP contribution is -2.05. The maximum atomic E-state index is 11.9. The van der Waals surface area contributed by atoms with E-state index < -0.39 is 0 Å². The van der Waals surface area contributed by atoms with Gasteiger partial charge in [-0.25, -0.2) is 9.97 Å². The number of carbonyl (C=O) groups excluding carboxylic acids is 1. The van der Waals surface area contributed by atoms with Crippen LogP contribution in [0.4, 0.5) is 0 Å². The van der Waals surface area contributed by atoms with Crippen LogP contribution < -0.4 is 0 Å². The number of fused-ring (bicyclic) bond motifs is 1. The summed E-state index contributed by atoms with van der Waals surface area (Å²) in [7, 11) is 0. The van der Waals surface area contributed by atoms with E-state index in [0.717, 1.165) is 30.5 Å². The van der Waals surface area contributed by atoms with Gasteiger partial charge in [0.1, 0.15) is 0 Å². The summed E-state index contributed by atoms with van der Waals surface area (Å²) in [6.07, 6.45) is 5.19. The Morgan fingerprint density at radius 3 is 2.58 bits per heavy atom. The normalized spacial score (nSPS) is 14.9. The highest BCUT2D eigenvalue weighted by Crippen LogP contribution is 2.22. The highest BCUT2D eigenvalue weighted by molar-refractivity contribution is 5.97. The van der Waals surface area contributed by atoms with E-state index in [2.05, 4.69) is 29.0 Å². The number of hydrogen-bond acceptors (Lipinski definition) is 3. The van der Waals surface area contributed by atoms with Gasteiger partial charge in [0.05, 0.1) is 11.3 Å². The Morgan fingerprint density at radius 1 is 1.05 bits per heavy atom. The molecule has 1 aromatic carbocycles. The summed E-state index contributed by atoms with van der Waals surface area (Å²) in [5.74, 6) is 0.899.